The van der Waals surface area contributed by atoms with E-state index in [9.17, 15) is 0 Å². The third-order valence-electron chi connectivity index (χ3n) is 6.74. The SMILES string of the molecule is Cc1ccc(N2C(=S)N[C@H](c3ccccn3)[C@H]2c2cc(C)n(-c3ccc(Cl)cc3)c2C)cc1C. The number of nitrogens with zero attached hydrogens (tertiary/aromatic N) is 3. The van der Waals surface area contributed by atoms with Gasteiger partial charge in [-0.3, -0.25) is 4.98 Å². The molecule has 5 rings (SSSR count). The van der Waals surface area contributed by atoms with Crippen molar-refractivity contribution in [3.8, 4) is 5.69 Å². The minimum atomic E-state index is -0.0746. The van der Waals surface area contributed by atoms with Crippen LogP contribution in [0.4, 0.5) is 5.69 Å². The van der Waals surface area contributed by atoms with Crippen LogP contribution in [0.1, 0.15) is 45.9 Å². The lowest BCUT2D eigenvalue weighted by atomic mass is 9.96. The van der Waals surface area contributed by atoms with Gasteiger partial charge in [0.05, 0.1) is 17.8 Å². The Balaban J connectivity index is 1.68. The van der Waals surface area contributed by atoms with Crippen molar-refractivity contribution < 1.29 is 0 Å². The average Bonchev–Trinajstić information content (AvgIpc) is 3.32. The maximum Gasteiger partial charge on any atom is 0.174 e. The van der Waals surface area contributed by atoms with Gasteiger partial charge in [-0.15, -0.1) is 0 Å². The lowest BCUT2D eigenvalue weighted by molar-refractivity contribution is 0.565. The second-order valence-corrected chi connectivity index (χ2v) is 9.73. The van der Waals surface area contributed by atoms with E-state index in [1.54, 1.807) is 0 Å². The van der Waals surface area contributed by atoms with Gasteiger partial charge in [0.2, 0.25) is 0 Å². The summed E-state index contributed by atoms with van der Waals surface area (Å²) in [4.78, 5) is 6.93. The van der Waals surface area contributed by atoms with Gasteiger partial charge in [0, 0.05) is 34.0 Å². The Morgan fingerprint density at radius 1 is 0.882 bits per heavy atom. The molecule has 0 radical (unpaired) electrons. The van der Waals surface area contributed by atoms with Gasteiger partial charge in [-0.05, 0) is 111 Å². The lowest BCUT2D eigenvalue weighted by Gasteiger charge is -2.28. The summed E-state index contributed by atoms with van der Waals surface area (Å²) in [5.41, 5.74) is 9.20. The number of halogens is 1. The average molecular weight is 487 g/mol. The van der Waals surface area contributed by atoms with Crippen molar-refractivity contribution in [2.75, 3.05) is 4.90 Å². The lowest BCUT2D eigenvalue weighted by Crippen LogP contribution is -2.29. The van der Waals surface area contributed by atoms with Crippen molar-refractivity contribution in [2.45, 2.75) is 39.8 Å². The molecule has 0 spiro atoms. The molecule has 0 saturated carbocycles. The number of aryl methyl sites for hydroxylation is 3. The molecule has 4 nitrogen and oxygen atoms in total. The summed E-state index contributed by atoms with van der Waals surface area (Å²) in [5, 5.41) is 5.01. The first-order chi connectivity index (χ1) is 16.3. The van der Waals surface area contributed by atoms with E-state index in [0.717, 1.165) is 27.8 Å². The molecule has 2 aromatic carbocycles. The number of thiocarbonyl (C=S) groups is 1. The molecule has 172 valence electrons. The zero-order valence-electron chi connectivity index (χ0n) is 19.7. The number of nitrogens with one attached hydrogen (secondary N) is 1. The second kappa shape index (κ2) is 8.90. The minimum absolute atomic E-state index is 0.0447. The Kier molecular flexibility index (Phi) is 5.92. The molecule has 0 aliphatic carbocycles. The van der Waals surface area contributed by atoms with Crippen LogP contribution in [0.15, 0.2) is 72.9 Å². The largest absolute Gasteiger partial charge is 0.351 e. The Morgan fingerprint density at radius 3 is 2.29 bits per heavy atom. The van der Waals surface area contributed by atoms with Crippen molar-refractivity contribution in [3.63, 3.8) is 0 Å². The van der Waals surface area contributed by atoms with Gasteiger partial charge in [-0.1, -0.05) is 23.7 Å². The van der Waals surface area contributed by atoms with Crippen LogP contribution in [0.3, 0.4) is 0 Å². The van der Waals surface area contributed by atoms with Crippen molar-refractivity contribution in [1.82, 2.24) is 14.9 Å². The highest BCUT2D eigenvalue weighted by Crippen LogP contribution is 2.44. The van der Waals surface area contributed by atoms with Gasteiger partial charge >= 0.3 is 0 Å². The van der Waals surface area contributed by atoms with E-state index in [0.29, 0.717) is 5.11 Å². The van der Waals surface area contributed by atoms with Crippen molar-refractivity contribution in [1.29, 1.82) is 0 Å². The van der Waals surface area contributed by atoms with Gasteiger partial charge in [-0.25, -0.2) is 0 Å². The van der Waals surface area contributed by atoms with Crippen LogP contribution in [-0.4, -0.2) is 14.7 Å². The van der Waals surface area contributed by atoms with Gasteiger partial charge in [0.15, 0.2) is 5.11 Å². The van der Waals surface area contributed by atoms with Crippen molar-refractivity contribution in [3.05, 3.63) is 112 Å². The molecular formula is C28H27ClN4S. The molecule has 0 amide bonds. The molecule has 1 N–H and O–H groups in total. The third-order valence-corrected chi connectivity index (χ3v) is 7.31. The van der Waals surface area contributed by atoms with Crippen molar-refractivity contribution >= 4 is 34.6 Å². The van der Waals surface area contributed by atoms with Gasteiger partial charge in [-0.2, -0.15) is 0 Å². The van der Waals surface area contributed by atoms with E-state index >= 15 is 0 Å². The van der Waals surface area contributed by atoms with Gasteiger partial charge in [0.25, 0.3) is 0 Å². The maximum atomic E-state index is 6.16. The fourth-order valence-electron chi connectivity index (χ4n) is 4.90. The zero-order chi connectivity index (χ0) is 24.0. The molecule has 1 fully saturated rings. The quantitative estimate of drug-likeness (QED) is 0.317. The standard InChI is InChI=1S/C28H27ClN4S/c1-17-8-11-23(15-18(17)2)33-27(26(31-28(33)34)25-7-5-6-14-30-25)24-16-19(3)32(20(24)4)22-12-9-21(29)10-13-22/h5-16,26-27H,1-4H3,(H,31,34)/t26-,27-/m1/s1. The summed E-state index contributed by atoms with van der Waals surface area (Å²) < 4.78 is 2.28. The number of anilines is 1. The molecular weight excluding hydrogens is 460 g/mol. The number of hydrogen-bond acceptors (Lipinski definition) is 2. The monoisotopic (exact) mass is 486 g/mol. The molecule has 1 aliphatic rings. The van der Waals surface area contributed by atoms with E-state index in [2.05, 4.69) is 89.9 Å². The molecule has 0 bridgehead atoms. The van der Waals surface area contributed by atoms with E-state index in [-0.39, 0.29) is 12.1 Å². The molecule has 6 heteroatoms. The first-order valence-corrected chi connectivity index (χ1v) is 12.2. The van der Waals surface area contributed by atoms with Crippen LogP contribution in [0.5, 0.6) is 0 Å². The first kappa shape index (κ1) is 22.6. The molecule has 2 aromatic heterocycles. The Labute approximate surface area is 211 Å². The Bertz CT molecular complexity index is 1360. The molecule has 1 aliphatic heterocycles. The number of hydrogen-bond donors (Lipinski definition) is 1. The number of rotatable bonds is 4. The summed E-state index contributed by atoms with van der Waals surface area (Å²) in [6.07, 6.45) is 1.84. The highest BCUT2D eigenvalue weighted by atomic mass is 35.5. The highest BCUT2D eigenvalue weighted by molar-refractivity contribution is 7.80. The van der Waals surface area contributed by atoms with Crippen LogP contribution in [0, 0.1) is 27.7 Å². The van der Waals surface area contributed by atoms with E-state index < -0.39 is 0 Å². The fraction of sp³-hybridized carbons (Fsp3) is 0.214. The third kappa shape index (κ3) is 3.89. The molecule has 1 saturated heterocycles. The van der Waals surface area contributed by atoms with Crippen LogP contribution < -0.4 is 10.2 Å². The molecule has 0 unspecified atom stereocenters. The van der Waals surface area contributed by atoms with Crippen LogP contribution >= 0.6 is 23.8 Å². The predicted octanol–water partition coefficient (Wildman–Crippen LogP) is 6.94. The summed E-state index contributed by atoms with van der Waals surface area (Å²) in [5.74, 6) is 0. The van der Waals surface area contributed by atoms with Crippen LogP contribution in [0.2, 0.25) is 5.02 Å². The van der Waals surface area contributed by atoms with Gasteiger partial charge < -0.3 is 14.8 Å². The minimum Gasteiger partial charge on any atom is -0.351 e. The molecule has 3 heterocycles. The Morgan fingerprint density at radius 2 is 1.62 bits per heavy atom. The van der Waals surface area contributed by atoms with Gasteiger partial charge in [0.1, 0.15) is 0 Å². The number of pyridine rings is 1. The van der Waals surface area contributed by atoms with Crippen molar-refractivity contribution in [2.24, 2.45) is 0 Å². The number of benzene rings is 2. The molecule has 34 heavy (non-hydrogen) atoms. The topological polar surface area (TPSA) is 33.1 Å². The zero-order valence-corrected chi connectivity index (χ0v) is 21.3. The fourth-order valence-corrected chi connectivity index (χ4v) is 5.37. The molecule has 2 atom stereocenters. The van der Waals surface area contributed by atoms with E-state index in [1.165, 1.54) is 22.4 Å². The first-order valence-electron chi connectivity index (χ1n) is 11.4. The predicted molar refractivity (Wildman–Crippen MR) is 144 cm³/mol. The van der Waals surface area contributed by atoms with E-state index in [4.69, 9.17) is 23.8 Å². The molecule has 4 aromatic rings. The van der Waals surface area contributed by atoms with Crippen LogP contribution in [-0.2, 0) is 0 Å². The smallest absolute Gasteiger partial charge is 0.174 e. The second-order valence-electron chi connectivity index (χ2n) is 8.90. The number of aromatic nitrogens is 2. The summed E-state index contributed by atoms with van der Waals surface area (Å²) >= 11 is 12.1. The maximum absolute atomic E-state index is 6.16. The van der Waals surface area contributed by atoms with Crippen LogP contribution in [0.25, 0.3) is 5.69 Å². The highest BCUT2D eigenvalue weighted by Gasteiger charge is 2.42. The summed E-state index contributed by atoms with van der Waals surface area (Å²) in [6, 6.07) is 22.7. The summed E-state index contributed by atoms with van der Waals surface area (Å²) in [7, 11) is 0. The Hall–Kier alpha value is -3.15. The summed E-state index contributed by atoms with van der Waals surface area (Å²) in [6.45, 7) is 8.59. The normalized spacial score (nSPS) is 17.8. The van der Waals surface area contributed by atoms with E-state index in [1.807, 2.05) is 30.5 Å².